The first-order valence-electron chi connectivity index (χ1n) is 3.79. The van der Waals surface area contributed by atoms with Crippen molar-refractivity contribution in [3.63, 3.8) is 0 Å². The van der Waals surface area contributed by atoms with Crippen LogP contribution >= 0.6 is 0 Å². The number of pyridine rings is 1. The second kappa shape index (κ2) is 3.86. The molecule has 0 aliphatic heterocycles. The van der Waals surface area contributed by atoms with E-state index in [4.69, 9.17) is 16.6 Å². The Morgan fingerprint density at radius 2 is 2.31 bits per heavy atom. The zero-order valence-electron chi connectivity index (χ0n) is 6.97. The maximum absolute atomic E-state index is 10.3. The minimum absolute atomic E-state index is 0.142. The van der Waals surface area contributed by atoms with Crippen molar-refractivity contribution in [3.05, 3.63) is 23.9 Å². The highest BCUT2D eigenvalue weighted by atomic mass is 16.4. The van der Waals surface area contributed by atoms with Crippen molar-refractivity contribution in [2.45, 2.75) is 12.5 Å². The summed E-state index contributed by atoms with van der Waals surface area (Å²) in [6, 6.07) is 4.38. The summed E-state index contributed by atoms with van der Waals surface area (Å²) in [6.07, 6.45) is -0.142. The number of nitrogen functional groups attached to an aromatic ring is 1. The van der Waals surface area contributed by atoms with Gasteiger partial charge < -0.3 is 16.6 Å². The lowest BCUT2D eigenvalue weighted by atomic mass is 10.1. The minimum Gasteiger partial charge on any atom is -0.481 e. The molecular formula is C8H11N3O2. The standard InChI is InChI=1S/C8H11N3O2/c9-5(4-8(12)13)6-2-1-3-7(10)11-6/h1-3,5H,4,9H2,(H2,10,11)(H,12,13)/t5-/m0/s1. The van der Waals surface area contributed by atoms with Gasteiger partial charge in [-0.1, -0.05) is 6.07 Å². The Hall–Kier alpha value is -1.62. The van der Waals surface area contributed by atoms with Crippen LogP contribution < -0.4 is 11.5 Å². The van der Waals surface area contributed by atoms with E-state index >= 15 is 0 Å². The van der Waals surface area contributed by atoms with E-state index in [-0.39, 0.29) is 6.42 Å². The lowest BCUT2D eigenvalue weighted by Crippen LogP contribution is -2.16. The lowest BCUT2D eigenvalue weighted by molar-refractivity contribution is -0.137. The molecular weight excluding hydrogens is 170 g/mol. The fraction of sp³-hybridized carbons (Fsp3) is 0.250. The molecule has 0 saturated carbocycles. The molecule has 0 aliphatic rings. The molecule has 1 aromatic rings. The molecule has 1 aromatic heterocycles. The zero-order valence-corrected chi connectivity index (χ0v) is 6.97. The summed E-state index contributed by atoms with van der Waals surface area (Å²) >= 11 is 0. The van der Waals surface area contributed by atoms with Gasteiger partial charge in [0.15, 0.2) is 0 Å². The second-order valence-electron chi connectivity index (χ2n) is 2.69. The van der Waals surface area contributed by atoms with Crippen molar-refractivity contribution in [2.75, 3.05) is 5.73 Å². The first-order valence-corrected chi connectivity index (χ1v) is 3.79. The van der Waals surface area contributed by atoms with Gasteiger partial charge in [0.25, 0.3) is 0 Å². The van der Waals surface area contributed by atoms with Crippen LogP contribution in [0.15, 0.2) is 18.2 Å². The Kier molecular flexibility index (Phi) is 2.81. The van der Waals surface area contributed by atoms with Gasteiger partial charge in [0, 0.05) is 0 Å². The molecule has 5 nitrogen and oxygen atoms in total. The number of hydrogen-bond acceptors (Lipinski definition) is 4. The number of hydrogen-bond donors (Lipinski definition) is 3. The molecule has 0 bridgehead atoms. The van der Waals surface area contributed by atoms with Gasteiger partial charge in [-0.3, -0.25) is 4.79 Å². The summed E-state index contributed by atoms with van der Waals surface area (Å²) in [4.78, 5) is 14.2. The van der Waals surface area contributed by atoms with Gasteiger partial charge in [0.05, 0.1) is 18.2 Å². The van der Waals surface area contributed by atoms with E-state index in [2.05, 4.69) is 4.98 Å². The number of nitrogens with two attached hydrogens (primary N) is 2. The van der Waals surface area contributed by atoms with Gasteiger partial charge in [0.2, 0.25) is 0 Å². The minimum atomic E-state index is -0.947. The molecule has 0 fully saturated rings. The van der Waals surface area contributed by atoms with Crippen LogP contribution in [0, 0.1) is 0 Å². The number of carbonyl (C=O) groups is 1. The molecule has 0 saturated heterocycles. The fourth-order valence-corrected chi connectivity index (χ4v) is 0.968. The van der Waals surface area contributed by atoms with Crippen LogP contribution in [-0.2, 0) is 4.79 Å². The number of anilines is 1. The van der Waals surface area contributed by atoms with Crippen LogP contribution in [-0.4, -0.2) is 16.1 Å². The second-order valence-corrected chi connectivity index (χ2v) is 2.69. The van der Waals surface area contributed by atoms with E-state index in [1.165, 1.54) is 0 Å². The van der Waals surface area contributed by atoms with Gasteiger partial charge >= 0.3 is 5.97 Å². The largest absolute Gasteiger partial charge is 0.481 e. The Balaban J connectivity index is 2.76. The monoisotopic (exact) mass is 181 g/mol. The molecule has 0 aliphatic carbocycles. The topological polar surface area (TPSA) is 102 Å². The van der Waals surface area contributed by atoms with Crippen LogP contribution in [0.2, 0.25) is 0 Å². The number of rotatable bonds is 3. The molecule has 70 valence electrons. The average molecular weight is 181 g/mol. The third kappa shape index (κ3) is 2.72. The fourth-order valence-electron chi connectivity index (χ4n) is 0.968. The molecule has 13 heavy (non-hydrogen) atoms. The van der Waals surface area contributed by atoms with Crippen LogP contribution in [0.4, 0.5) is 5.82 Å². The third-order valence-electron chi connectivity index (χ3n) is 1.57. The Morgan fingerprint density at radius 3 is 2.85 bits per heavy atom. The van der Waals surface area contributed by atoms with Crippen molar-refractivity contribution in [3.8, 4) is 0 Å². The summed E-state index contributed by atoms with van der Waals surface area (Å²) in [6.45, 7) is 0. The predicted octanol–water partition coefficient (Wildman–Crippen LogP) is 0.138. The number of aromatic nitrogens is 1. The Bertz CT molecular complexity index is 314. The summed E-state index contributed by atoms with van der Waals surface area (Å²) in [7, 11) is 0. The number of aliphatic carboxylic acids is 1. The molecule has 0 spiro atoms. The Morgan fingerprint density at radius 1 is 1.62 bits per heavy atom. The lowest BCUT2D eigenvalue weighted by Gasteiger charge is -2.07. The van der Waals surface area contributed by atoms with Gasteiger partial charge in [-0.25, -0.2) is 4.98 Å². The average Bonchev–Trinajstić information content (AvgIpc) is 2.03. The maximum Gasteiger partial charge on any atom is 0.305 e. The van der Waals surface area contributed by atoms with Crippen molar-refractivity contribution >= 4 is 11.8 Å². The number of nitrogens with zero attached hydrogens (tertiary/aromatic N) is 1. The molecule has 0 radical (unpaired) electrons. The quantitative estimate of drug-likeness (QED) is 0.615. The van der Waals surface area contributed by atoms with Crippen LogP contribution in [0.1, 0.15) is 18.2 Å². The highest BCUT2D eigenvalue weighted by molar-refractivity contribution is 5.67. The smallest absolute Gasteiger partial charge is 0.305 e. The molecule has 1 heterocycles. The van der Waals surface area contributed by atoms with Crippen LogP contribution in [0.25, 0.3) is 0 Å². The van der Waals surface area contributed by atoms with Crippen molar-refractivity contribution in [1.82, 2.24) is 4.98 Å². The molecule has 5 heteroatoms. The van der Waals surface area contributed by atoms with E-state index in [9.17, 15) is 4.79 Å². The highest BCUT2D eigenvalue weighted by Gasteiger charge is 2.11. The van der Waals surface area contributed by atoms with Gasteiger partial charge in [-0.15, -0.1) is 0 Å². The van der Waals surface area contributed by atoms with Gasteiger partial charge in [0.1, 0.15) is 5.82 Å². The van der Waals surface area contributed by atoms with Crippen molar-refractivity contribution < 1.29 is 9.90 Å². The molecule has 0 aromatic carbocycles. The van der Waals surface area contributed by atoms with Crippen LogP contribution in [0.5, 0.6) is 0 Å². The third-order valence-corrected chi connectivity index (χ3v) is 1.57. The normalized spacial score (nSPS) is 12.4. The highest BCUT2D eigenvalue weighted by Crippen LogP contribution is 2.12. The molecule has 0 amide bonds. The van der Waals surface area contributed by atoms with Crippen LogP contribution in [0.3, 0.4) is 0 Å². The number of carboxylic acids is 1. The van der Waals surface area contributed by atoms with E-state index in [0.29, 0.717) is 11.5 Å². The molecule has 1 rings (SSSR count). The first kappa shape index (κ1) is 9.47. The summed E-state index contributed by atoms with van der Waals surface area (Å²) in [5, 5.41) is 8.48. The number of carboxylic acid groups (broad SMARTS) is 1. The van der Waals surface area contributed by atoms with Crippen molar-refractivity contribution in [2.24, 2.45) is 5.73 Å². The SMILES string of the molecule is Nc1cccc([C@@H](N)CC(=O)O)n1. The van der Waals surface area contributed by atoms with E-state index in [1.807, 2.05) is 0 Å². The summed E-state index contributed by atoms with van der Waals surface area (Å²) in [5.74, 6) is -0.602. The van der Waals surface area contributed by atoms with E-state index in [1.54, 1.807) is 18.2 Å². The summed E-state index contributed by atoms with van der Waals surface area (Å²) < 4.78 is 0. The predicted molar refractivity (Wildman–Crippen MR) is 47.8 cm³/mol. The molecule has 1 atom stereocenters. The van der Waals surface area contributed by atoms with Gasteiger partial charge in [-0.05, 0) is 12.1 Å². The van der Waals surface area contributed by atoms with E-state index < -0.39 is 12.0 Å². The van der Waals surface area contributed by atoms with E-state index in [0.717, 1.165) is 0 Å². The Labute approximate surface area is 75.4 Å². The maximum atomic E-state index is 10.3. The molecule has 0 unspecified atom stereocenters. The first-order chi connectivity index (χ1) is 6.09. The van der Waals surface area contributed by atoms with Gasteiger partial charge in [-0.2, -0.15) is 0 Å². The zero-order chi connectivity index (χ0) is 9.84. The molecule has 5 N–H and O–H groups in total. The van der Waals surface area contributed by atoms with Crippen molar-refractivity contribution in [1.29, 1.82) is 0 Å². The summed E-state index contributed by atoms with van der Waals surface area (Å²) in [5.41, 5.74) is 11.5.